The van der Waals surface area contributed by atoms with Gasteiger partial charge in [-0.2, -0.15) is 4.98 Å². The van der Waals surface area contributed by atoms with Crippen LogP contribution in [0.25, 0.3) is 0 Å². The summed E-state index contributed by atoms with van der Waals surface area (Å²) in [6.45, 7) is 1.43. The maximum atomic E-state index is 11.2. The third-order valence-corrected chi connectivity index (χ3v) is 1.95. The molecule has 84 valence electrons. The molecule has 1 heterocycles. The zero-order valence-corrected chi connectivity index (χ0v) is 9.06. The molecule has 15 heavy (non-hydrogen) atoms. The molecule has 0 spiro atoms. The topological polar surface area (TPSA) is 71.3 Å². The molecule has 0 aliphatic carbocycles. The van der Waals surface area contributed by atoms with Crippen molar-refractivity contribution in [1.82, 2.24) is 20.4 Å². The van der Waals surface area contributed by atoms with Crippen LogP contribution in [0, 0.1) is 0 Å². The second-order valence-corrected chi connectivity index (χ2v) is 3.39. The molecule has 0 aromatic carbocycles. The first kappa shape index (κ1) is 11.6. The summed E-state index contributed by atoms with van der Waals surface area (Å²) in [5.41, 5.74) is 0. The molecule has 0 aliphatic rings. The van der Waals surface area contributed by atoms with Gasteiger partial charge in [0.05, 0.1) is 0 Å². The molecule has 0 radical (unpaired) electrons. The molecule has 0 saturated heterocycles. The van der Waals surface area contributed by atoms with E-state index in [1.165, 1.54) is 6.39 Å². The van der Waals surface area contributed by atoms with Gasteiger partial charge in [0.25, 0.3) is 0 Å². The second-order valence-electron chi connectivity index (χ2n) is 3.39. The lowest BCUT2D eigenvalue weighted by Crippen LogP contribution is -2.27. The Labute approximate surface area is 88.6 Å². The van der Waals surface area contributed by atoms with E-state index in [1.807, 2.05) is 0 Å². The van der Waals surface area contributed by atoms with Gasteiger partial charge in [0.15, 0.2) is 5.82 Å². The zero-order valence-electron chi connectivity index (χ0n) is 9.06. The predicted octanol–water partition coefficient (Wildman–Crippen LogP) is -0.320. The number of aromatic nitrogens is 2. The number of nitrogens with one attached hydrogen (secondary N) is 1. The van der Waals surface area contributed by atoms with E-state index in [0.29, 0.717) is 25.2 Å². The van der Waals surface area contributed by atoms with Crippen LogP contribution in [0.4, 0.5) is 0 Å². The van der Waals surface area contributed by atoms with E-state index in [2.05, 4.69) is 20.0 Å². The van der Waals surface area contributed by atoms with Crippen molar-refractivity contribution in [3.8, 4) is 0 Å². The largest absolute Gasteiger partial charge is 0.349 e. The Hall–Kier alpha value is -1.43. The first-order chi connectivity index (χ1) is 7.20. The number of hydrogen-bond donors (Lipinski definition) is 1. The van der Waals surface area contributed by atoms with Gasteiger partial charge in [-0.3, -0.25) is 4.79 Å². The highest BCUT2D eigenvalue weighted by Crippen LogP contribution is 1.89. The van der Waals surface area contributed by atoms with Gasteiger partial charge in [0, 0.05) is 40.0 Å². The molecule has 6 heteroatoms. The molecule has 1 rings (SSSR count). The number of carbonyl (C=O) groups excluding carboxylic acids is 1. The summed E-state index contributed by atoms with van der Waals surface area (Å²) in [6.07, 6.45) is 2.54. The van der Waals surface area contributed by atoms with Crippen molar-refractivity contribution in [2.75, 3.05) is 27.2 Å². The van der Waals surface area contributed by atoms with E-state index in [1.54, 1.807) is 19.0 Å². The van der Waals surface area contributed by atoms with Gasteiger partial charge >= 0.3 is 0 Å². The smallest absolute Gasteiger partial charge is 0.223 e. The molecule has 0 bridgehead atoms. The van der Waals surface area contributed by atoms with Crippen LogP contribution in [0.1, 0.15) is 12.2 Å². The maximum Gasteiger partial charge on any atom is 0.223 e. The normalized spacial score (nSPS) is 10.3. The summed E-state index contributed by atoms with van der Waals surface area (Å²) in [5, 5.41) is 6.82. The average Bonchev–Trinajstić information content (AvgIpc) is 2.69. The molecule has 1 amide bonds. The van der Waals surface area contributed by atoms with E-state index in [4.69, 9.17) is 0 Å². The lowest BCUT2D eigenvalue weighted by Gasteiger charge is -2.09. The summed E-state index contributed by atoms with van der Waals surface area (Å²) >= 11 is 0. The highest BCUT2D eigenvalue weighted by Gasteiger charge is 2.02. The molecule has 0 saturated carbocycles. The Bertz CT molecular complexity index is 284. The van der Waals surface area contributed by atoms with Crippen molar-refractivity contribution >= 4 is 5.91 Å². The summed E-state index contributed by atoms with van der Waals surface area (Å²) in [7, 11) is 3.50. The monoisotopic (exact) mass is 212 g/mol. The van der Waals surface area contributed by atoms with E-state index in [0.717, 1.165) is 6.54 Å². The maximum absolute atomic E-state index is 11.2. The van der Waals surface area contributed by atoms with Gasteiger partial charge in [-0.1, -0.05) is 5.16 Å². The van der Waals surface area contributed by atoms with Crippen molar-refractivity contribution in [2.24, 2.45) is 0 Å². The number of hydrogen-bond acceptors (Lipinski definition) is 5. The fraction of sp³-hybridized carbons (Fsp3) is 0.667. The highest BCUT2D eigenvalue weighted by atomic mass is 16.5. The summed E-state index contributed by atoms with van der Waals surface area (Å²) in [6, 6.07) is 0. The van der Waals surface area contributed by atoms with Crippen LogP contribution in [0.15, 0.2) is 10.9 Å². The number of amides is 1. The molecule has 1 N–H and O–H groups in total. The van der Waals surface area contributed by atoms with Crippen LogP contribution in [0.3, 0.4) is 0 Å². The molecule has 1 aromatic rings. The Morgan fingerprint density at radius 2 is 2.33 bits per heavy atom. The van der Waals surface area contributed by atoms with Crippen LogP contribution in [-0.2, 0) is 11.2 Å². The van der Waals surface area contributed by atoms with Gasteiger partial charge in [0.1, 0.15) is 0 Å². The van der Waals surface area contributed by atoms with E-state index in [9.17, 15) is 4.79 Å². The Morgan fingerprint density at radius 1 is 1.53 bits per heavy atom. The molecular weight excluding hydrogens is 196 g/mol. The lowest BCUT2D eigenvalue weighted by atomic mass is 10.3. The number of carbonyl (C=O) groups is 1. The molecule has 0 unspecified atom stereocenters. The second kappa shape index (κ2) is 6.13. The summed E-state index contributed by atoms with van der Waals surface area (Å²) < 4.78 is 4.59. The van der Waals surface area contributed by atoms with E-state index < -0.39 is 0 Å². The van der Waals surface area contributed by atoms with Gasteiger partial charge in [-0.05, 0) is 0 Å². The first-order valence-electron chi connectivity index (χ1n) is 4.86. The zero-order chi connectivity index (χ0) is 11.1. The summed E-state index contributed by atoms with van der Waals surface area (Å²) in [5.74, 6) is 0.809. The Balaban J connectivity index is 2.00. The van der Waals surface area contributed by atoms with Crippen molar-refractivity contribution < 1.29 is 9.32 Å². The van der Waals surface area contributed by atoms with Crippen LogP contribution in [-0.4, -0.2) is 48.1 Å². The fourth-order valence-electron chi connectivity index (χ4n) is 1.05. The fourth-order valence-corrected chi connectivity index (χ4v) is 1.05. The predicted molar refractivity (Wildman–Crippen MR) is 54.2 cm³/mol. The van der Waals surface area contributed by atoms with Gasteiger partial charge < -0.3 is 14.7 Å². The summed E-state index contributed by atoms with van der Waals surface area (Å²) in [4.78, 5) is 16.6. The third kappa shape index (κ3) is 4.55. The van der Waals surface area contributed by atoms with Gasteiger partial charge in [-0.15, -0.1) is 0 Å². The van der Waals surface area contributed by atoms with Crippen LogP contribution in [0.5, 0.6) is 0 Å². The minimum Gasteiger partial charge on any atom is -0.349 e. The number of rotatable bonds is 6. The molecule has 0 aliphatic heterocycles. The standard InChI is InChI=1S/C9H16N4O2/c1-13(2)9(14)4-6-10-5-3-8-11-7-15-12-8/h7,10H,3-6H2,1-2H3. The molecular formula is C9H16N4O2. The van der Waals surface area contributed by atoms with E-state index >= 15 is 0 Å². The molecule has 0 atom stereocenters. The van der Waals surface area contributed by atoms with Crippen LogP contribution in [0.2, 0.25) is 0 Å². The molecule has 6 nitrogen and oxygen atoms in total. The van der Waals surface area contributed by atoms with E-state index in [-0.39, 0.29) is 5.91 Å². The van der Waals surface area contributed by atoms with Crippen molar-refractivity contribution in [3.05, 3.63) is 12.2 Å². The quantitative estimate of drug-likeness (QED) is 0.654. The Kier molecular flexibility index (Phi) is 4.76. The Morgan fingerprint density at radius 3 is 2.93 bits per heavy atom. The molecule has 1 aromatic heterocycles. The van der Waals surface area contributed by atoms with Crippen molar-refractivity contribution in [1.29, 1.82) is 0 Å². The van der Waals surface area contributed by atoms with Gasteiger partial charge in [0.2, 0.25) is 12.3 Å². The average molecular weight is 212 g/mol. The lowest BCUT2D eigenvalue weighted by molar-refractivity contribution is -0.128. The van der Waals surface area contributed by atoms with Gasteiger partial charge in [-0.25, -0.2) is 0 Å². The third-order valence-electron chi connectivity index (χ3n) is 1.95. The minimum atomic E-state index is 0.127. The first-order valence-corrected chi connectivity index (χ1v) is 4.86. The minimum absolute atomic E-state index is 0.127. The number of nitrogens with zero attached hydrogens (tertiary/aromatic N) is 3. The SMILES string of the molecule is CN(C)C(=O)CCNCCc1ncon1. The molecule has 0 fully saturated rings. The van der Waals surface area contributed by atoms with Crippen LogP contribution < -0.4 is 5.32 Å². The van der Waals surface area contributed by atoms with Crippen molar-refractivity contribution in [2.45, 2.75) is 12.8 Å². The van der Waals surface area contributed by atoms with Crippen molar-refractivity contribution in [3.63, 3.8) is 0 Å². The van der Waals surface area contributed by atoms with Crippen LogP contribution >= 0.6 is 0 Å². The highest BCUT2D eigenvalue weighted by molar-refractivity contribution is 5.75.